The summed E-state index contributed by atoms with van der Waals surface area (Å²) in [6.07, 6.45) is 8.26. The van der Waals surface area contributed by atoms with Crippen molar-refractivity contribution in [3.63, 3.8) is 0 Å². The molecule has 0 bridgehead atoms. The Morgan fingerprint density at radius 1 is 0.691 bits per heavy atom. The summed E-state index contributed by atoms with van der Waals surface area (Å²) in [5.41, 5.74) is 9.48. The first-order chi connectivity index (χ1) is 26.8. The van der Waals surface area contributed by atoms with Crippen LogP contribution in [0.5, 0.6) is 5.75 Å². The van der Waals surface area contributed by atoms with Crippen LogP contribution in [0.25, 0.3) is 0 Å². The lowest BCUT2D eigenvalue weighted by Gasteiger charge is -2.36. The van der Waals surface area contributed by atoms with Crippen LogP contribution in [0.3, 0.4) is 0 Å². The average Bonchev–Trinajstić information content (AvgIpc) is 3.71. The van der Waals surface area contributed by atoms with Crippen molar-refractivity contribution in [1.82, 2.24) is 15.1 Å². The molecule has 4 amide bonds. The Morgan fingerprint density at radius 2 is 1.40 bits per heavy atom. The standard InChI is InChI=1S/C46H48N4O5/c51-36-14-16-38-32(24-36)11-15-37(30-7-2-1-3-8-30)43(38)31-9-12-35(13-10-31)49-22-19-29(20-23-49)6-4-5-21-48-27-33-25-39-40(26-34(33)28-48)46(55)50(45(39)54)41-17-18-42(52)47-44(41)53/h1-3,7-10,12-14,16,24-26,29,37,41,43,51H,4-6,11,15,17-23,27-28H2,(H,47,52,53)/t37-,41?,43+/m1/s1. The third kappa shape index (κ3) is 6.84. The van der Waals surface area contributed by atoms with Crippen molar-refractivity contribution in [1.29, 1.82) is 0 Å². The Labute approximate surface area is 322 Å². The number of fused-ring (bicyclic) bond motifs is 3. The van der Waals surface area contributed by atoms with Crippen LogP contribution in [-0.4, -0.2) is 64.2 Å². The van der Waals surface area contributed by atoms with Crippen molar-refractivity contribution < 1.29 is 24.3 Å². The van der Waals surface area contributed by atoms with E-state index in [1.807, 2.05) is 24.3 Å². The van der Waals surface area contributed by atoms with E-state index in [1.165, 1.54) is 53.6 Å². The quantitative estimate of drug-likeness (QED) is 0.140. The van der Waals surface area contributed by atoms with Gasteiger partial charge in [-0.05, 0) is 127 Å². The number of aromatic hydroxyl groups is 1. The number of amides is 4. The van der Waals surface area contributed by atoms with Gasteiger partial charge in [0.2, 0.25) is 11.8 Å². The average molecular weight is 737 g/mol. The lowest BCUT2D eigenvalue weighted by Crippen LogP contribution is -2.54. The number of rotatable bonds is 9. The highest BCUT2D eigenvalue weighted by Crippen LogP contribution is 2.47. The Balaban J connectivity index is 0.753. The second-order valence-electron chi connectivity index (χ2n) is 16.3. The monoisotopic (exact) mass is 736 g/mol. The molecule has 55 heavy (non-hydrogen) atoms. The summed E-state index contributed by atoms with van der Waals surface area (Å²) in [7, 11) is 0. The number of phenolic OH excluding ortho intramolecular Hbond substituents is 1. The molecule has 4 aliphatic heterocycles. The van der Waals surface area contributed by atoms with Crippen molar-refractivity contribution in [3.05, 3.63) is 129 Å². The first-order valence-corrected chi connectivity index (χ1v) is 20.1. The first kappa shape index (κ1) is 35.4. The minimum Gasteiger partial charge on any atom is -0.508 e. The molecule has 1 aliphatic carbocycles. The second kappa shape index (κ2) is 14.8. The van der Waals surface area contributed by atoms with Gasteiger partial charge in [0.25, 0.3) is 11.8 Å². The number of hydrogen-bond donors (Lipinski definition) is 2. The summed E-state index contributed by atoms with van der Waals surface area (Å²) >= 11 is 0. The van der Waals surface area contributed by atoms with Crippen LogP contribution in [-0.2, 0) is 29.1 Å². The van der Waals surface area contributed by atoms with E-state index in [2.05, 4.69) is 75.8 Å². The number of piperidine rings is 2. The van der Waals surface area contributed by atoms with Crippen molar-refractivity contribution >= 4 is 29.3 Å². The number of unbranched alkanes of at least 4 members (excludes halogenated alkanes) is 1. The normalized spacial score (nSPS) is 22.8. The molecule has 2 N–H and O–H groups in total. The number of benzene rings is 4. The van der Waals surface area contributed by atoms with Crippen LogP contribution < -0.4 is 10.2 Å². The van der Waals surface area contributed by atoms with Gasteiger partial charge in [0, 0.05) is 44.2 Å². The number of nitrogens with one attached hydrogen (secondary N) is 1. The maximum atomic E-state index is 13.3. The van der Waals surface area contributed by atoms with E-state index in [1.54, 1.807) is 0 Å². The van der Waals surface area contributed by atoms with Gasteiger partial charge in [-0.15, -0.1) is 0 Å². The van der Waals surface area contributed by atoms with Crippen LogP contribution in [0.1, 0.15) is 117 Å². The summed E-state index contributed by atoms with van der Waals surface area (Å²) < 4.78 is 0. The number of carbonyl (C=O) groups excluding carboxylic acids is 4. The van der Waals surface area contributed by atoms with Crippen molar-refractivity contribution in [3.8, 4) is 5.75 Å². The lowest BCUT2D eigenvalue weighted by molar-refractivity contribution is -0.136. The van der Waals surface area contributed by atoms with E-state index in [9.17, 15) is 24.3 Å². The summed E-state index contributed by atoms with van der Waals surface area (Å²) in [6, 6.07) is 28.9. The number of aryl methyl sites for hydroxylation is 1. The first-order valence-electron chi connectivity index (χ1n) is 20.1. The molecule has 3 atom stereocenters. The van der Waals surface area contributed by atoms with Crippen LogP contribution in [0.15, 0.2) is 84.9 Å². The van der Waals surface area contributed by atoms with Gasteiger partial charge in [-0.1, -0.05) is 61.4 Å². The fourth-order valence-electron chi connectivity index (χ4n) is 10.0. The number of imide groups is 2. The Morgan fingerprint density at radius 3 is 2.09 bits per heavy atom. The molecule has 5 aliphatic rings. The molecule has 4 heterocycles. The largest absolute Gasteiger partial charge is 0.508 e. The third-order valence-electron chi connectivity index (χ3n) is 12.9. The minimum atomic E-state index is -0.938. The molecular weight excluding hydrogens is 689 g/mol. The van der Waals surface area contributed by atoms with E-state index in [0.29, 0.717) is 22.8 Å². The third-order valence-corrected chi connectivity index (χ3v) is 12.9. The molecule has 9 nitrogen and oxygen atoms in total. The van der Waals surface area contributed by atoms with Gasteiger partial charge in [0.15, 0.2) is 0 Å². The Kier molecular flexibility index (Phi) is 9.50. The molecule has 9 rings (SSSR count). The molecule has 4 aromatic carbocycles. The smallest absolute Gasteiger partial charge is 0.262 e. The summed E-state index contributed by atoms with van der Waals surface area (Å²) in [6.45, 7) is 4.64. The zero-order valence-electron chi connectivity index (χ0n) is 31.2. The summed E-state index contributed by atoms with van der Waals surface area (Å²) in [5, 5.41) is 12.5. The second-order valence-corrected chi connectivity index (χ2v) is 16.3. The number of hydrogen-bond acceptors (Lipinski definition) is 7. The van der Waals surface area contributed by atoms with Crippen LogP contribution in [0, 0.1) is 5.92 Å². The fraction of sp³-hybridized carbons (Fsp3) is 0.391. The van der Waals surface area contributed by atoms with E-state index in [0.717, 1.165) is 73.9 Å². The SMILES string of the molecule is O=C1CCC(N2C(=O)c3cc4c(cc3C2=O)CN(CCCCC2CCN(c3ccc([C@@H]5c6ccc(O)cc6CC[C@@H]5c5ccccc5)cc3)CC2)C4)C(=O)N1. The van der Waals surface area contributed by atoms with Gasteiger partial charge >= 0.3 is 0 Å². The van der Waals surface area contributed by atoms with E-state index in [-0.39, 0.29) is 24.7 Å². The summed E-state index contributed by atoms with van der Waals surface area (Å²) in [4.78, 5) is 56.6. The number of nitrogens with zero attached hydrogens (tertiary/aromatic N) is 3. The molecule has 0 radical (unpaired) electrons. The molecule has 0 spiro atoms. The van der Waals surface area contributed by atoms with Gasteiger partial charge in [0.05, 0.1) is 11.1 Å². The maximum Gasteiger partial charge on any atom is 0.262 e. The minimum absolute atomic E-state index is 0.116. The molecule has 4 aromatic rings. The summed E-state index contributed by atoms with van der Waals surface area (Å²) in [5.74, 6) is -0.0938. The molecule has 2 fully saturated rings. The zero-order valence-corrected chi connectivity index (χ0v) is 31.2. The fourth-order valence-corrected chi connectivity index (χ4v) is 10.0. The predicted molar refractivity (Wildman–Crippen MR) is 210 cm³/mol. The van der Waals surface area contributed by atoms with Crippen molar-refractivity contribution in [2.24, 2.45) is 5.92 Å². The highest BCUT2D eigenvalue weighted by Gasteiger charge is 2.45. The van der Waals surface area contributed by atoms with Gasteiger partial charge in [-0.2, -0.15) is 0 Å². The molecule has 282 valence electrons. The number of anilines is 1. The lowest BCUT2D eigenvalue weighted by atomic mass is 9.69. The van der Waals surface area contributed by atoms with Gasteiger partial charge < -0.3 is 10.0 Å². The van der Waals surface area contributed by atoms with Crippen LogP contribution >= 0.6 is 0 Å². The molecule has 1 unspecified atom stereocenters. The molecular formula is C46H48N4O5. The molecule has 0 aromatic heterocycles. The number of carbonyl (C=O) groups is 4. The van der Waals surface area contributed by atoms with Crippen molar-refractivity contribution in [2.75, 3.05) is 24.5 Å². The maximum absolute atomic E-state index is 13.3. The highest BCUT2D eigenvalue weighted by molar-refractivity contribution is 6.23. The topological polar surface area (TPSA) is 110 Å². The molecule has 9 heteroatoms. The van der Waals surface area contributed by atoms with E-state index in [4.69, 9.17) is 0 Å². The zero-order chi connectivity index (χ0) is 37.6. The highest BCUT2D eigenvalue weighted by atomic mass is 16.3. The van der Waals surface area contributed by atoms with E-state index < -0.39 is 23.8 Å². The molecule has 0 saturated carbocycles. The van der Waals surface area contributed by atoms with Crippen molar-refractivity contribution in [2.45, 2.75) is 88.8 Å². The van der Waals surface area contributed by atoms with Gasteiger partial charge in [-0.3, -0.25) is 34.3 Å². The molecule has 2 saturated heterocycles. The van der Waals surface area contributed by atoms with Gasteiger partial charge in [0.1, 0.15) is 11.8 Å². The number of phenols is 1. The predicted octanol–water partition coefficient (Wildman–Crippen LogP) is 7.06. The van der Waals surface area contributed by atoms with Gasteiger partial charge in [-0.25, -0.2) is 0 Å². The van der Waals surface area contributed by atoms with E-state index >= 15 is 0 Å². The van der Waals surface area contributed by atoms with Crippen LogP contribution in [0.2, 0.25) is 0 Å². The Hall–Kier alpha value is -5.28. The Bertz CT molecular complexity index is 2100. The van der Waals surface area contributed by atoms with Crippen LogP contribution in [0.4, 0.5) is 5.69 Å².